The zero-order valence-corrected chi connectivity index (χ0v) is 10.8. The van der Waals surface area contributed by atoms with Crippen molar-refractivity contribution in [2.75, 3.05) is 11.1 Å². The second-order valence-electron chi connectivity index (χ2n) is 4.13. The fourth-order valence-corrected chi connectivity index (χ4v) is 1.89. The van der Waals surface area contributed by atoms with E-state index >= 15 is 0 Å². The topological polar surface area (TPSA) is 38.0 Å². The SMILES string of the molecule is Cc1ccccc1CNc1cc(F)c(Cl)cc1N. The Hall–Kier alpha value is -1.74. The Labute approximate surface area is 111 Å². The lowest BCUT2D eigenvalue weighted by atomic mass is 10.1. The van der Waals surface area contributed by atoms with Gasteiger partial charge in [-0.2, -0.15) is 0 Å². The zero-order valence-electron chi connectivity index (χ0n) is 10.0. The Morgan fingerprint density at radius 1 is 1.28 bits per heavy atom. The number of anilines is 2. The predicted molar refractivity (Wildman–Crippen MR) is 74.3 cm³/mol. The van der Waals surface area contributed by atoms with E-state index in [0.717, 1.165) is 5.56 Å². The molecule has 0 heterocycles. The Bertz CT molecular complexity index is 570. The molecule has 0 radical (unpaired) electrons. The Kier molecular flexibility index (Phi) is 3.72. The third kappa shape index (κ3) is 2.74. The number of nitrogens with one attached hydrogen (secondary N) is 1. The molecule has 0 aliphatic carbocycles. The number of nitrogens with two attached hydrogens (primary N) is 1. The van der Waals surface area contributed by atoms with E-state index in [1.54, 1.807) is 0 Å². The van der Waals surface area contributed by atoms with Gasteiger partial charge in [-0.05, 0) is 24.1 Å². The third-order valence-corrected chi connectivity index (χ3v) is 3.11. The molecule has 94 valence electrons. The van der Waals surface area contributed by atoms with Gasteiger partial charge in [0.05, 0.1) is 16.4 Å². The van der Waals surface area contributed by atoms with Crippen LogP contribution in [0.5, 0.6) is 0 Å². The number of nitrogen functional groups attached to an aromatic ring is 1. The minimum absolute atomic E-state index is 0.0361. The molecule has 0 atom stereocenters. The highest BCUT2D eigenvalue weighted by Crippen LogP contribution is 2.26. The second-order valence-corrected chi connectivity index (χ2v) is 4.54. The van der Waals surface area contributed by atoms with Gasteiger partial charge in [-0.15, -0.1) is 0 Å². The van der Waals surface area contributed by atoms with Crippen molar-refractivity contribution in [3.8, 4) is 0 Å². The number of hydrogen-bond donors (Lipinski definition) is 2. The van der Waals surface area contributed by atoms with Gasteiger partial charge in [0, 0.05) is 12.6 Å². The van der Waals surface area contributed by atoms with Crippen molar-refractivity contribution < 1.29 is 4.39 Å². The van der Waals surface area contributed by atoms with Crippen LogP contribution in [0.1, 0.15) is 11.1 Å². The first-order valence-electron chi connectivity index (χ1n) is 5.61. The molecule has 0 aliphatic rings. The van der Waals surface area contributed by atoms with Crippen molar-refractivity contribution >= 4 is 23.0 Å². The van der Waals surface area contributed by atoms with E-state index in [1.165, 1.54) is 17.7 Å². The molecule has 0 aromatic heterocycles. The highest BCUT2D eigenvalue weighted by molar-refractivity contribution is 6.31. The number of halogens is 2. The van der Waals surface area contributed by atoms with Crippen LogP contribution in [-0.4, -0.2) is 0 Å². The summed E-state index contributed by atoms with van der Waals surface area (Å²) < 4.78 is 13.3. The third-order valence-electron chi connectivity index (χ3n) is 2.82. The predicted octanol–water partition coefficient (Wildman–Crippen LogP) is 3.98. The molecule has 0 fully saturated rings. The monoisotopic (exact) mass is 264 g/mol. The van der Waals surface area contributed by atoms with Crippen LogP contribution in [0.15, 0.2) is 36.4 Å². The van der Waals surface area contributed by atoms with E-state index in [0.29, 0.717) is 17.9 Å². The largest absolute Gasteiger partial charge is 0.397 e. The maximum Gasteiger partial charge on any atom is 0.143 e. The first kappa shape index (κ1) is 12.7. The molecule has 0 saturated carbocycles. The van der Waals surface area contributed by atoms with E-state index in [2.05, 4.69) is 5.32 Å². The Balaban J connectivity index is 2.16. The van der Waals surface area contributed by atoms with Gasteiger partial charge >= 0.3 is 0 Å². The average molecular weight is 265 g/mol. The van der Waals surface area contributed by atoms with Gasteiger partial charge in [-0.3, -0.25) is 0 Å². The summed E-state index contributed by atoms with van der Waals surface area (Å²) in [6.07, 6.45) is 0. The van der Waals surface area contributed by atoms with Gasteiger partial charge in [0.25, 0.3) is 0 Å². The van der Waals surface area contributed by atoms with Gasteiger partial charge in [-0.1, -0.05) is 35.9 Å². The molecule has 0 bridgehead atoms. The summed E-state index contributed by atoms with van der Waals surface area (Å²) in [6, 6.07) is 10.7. The number of aryl methyl sites for hydroxylation is 1. The Morgan fingerprint density at radius 3 is 2.72 bits per heavy atom. The quantitative estimate of drug-likeness (QED) is 0.823. The van der Waals surface area contributed by atoms with E-state index < -0.39 is 5.82 Å². The normalized spacial score (nSPS) is 10.4. The lowest BCUT2D eigenvalue weighted by Gasteiger charge is -2.11. The van der Waals surface area contributed by atoms with Gasteiger partial charge in [0.15, 0.2) is 0 Å². The molecule has 0 unspecified atom stereocenters. The molecule has 2 aromatic rings. The molecule has 2 aromatic carbocycles. The van der Waals surface area contributed by atoms with Crippen LogP contribution in [0.25, 0.3) is 0 Å². The van der Waals surface area contributed by atoms with Crippen molar-refractivity contribution in [1.82, 2.24) is 0 Å². The molecular weight excluding hydrogens is 251 g/mol. The summed E-state index contributed by atoms with van der Waals surface area (Å²) in [7, 11) is 0. The van der Waals surface area contributed by atoms with Gasteiger partial charge in [0.1, 0.15) is 5.82 Å². The maximum absolute atomic E-state index is 13.3. The number of benzene rings is 2. The maximum atomic E-state index is 13.3. The molecule has 2 rings (SSSR count). The molecule has 18 heavy (non-hydrogen) atoms. The molecule has 0 saturated heterocycles. The van der Waals surface area contributed by atoms with Crippen LogP contribution in [0.2, 0.25) is 5.02 Å². The molecule has 2 nitrogen and oxygen atoms in total. The minimum atomic E-state index is -0.474. The van der Waals surface area contributed by atoms with Gasteiger partial charge < -0.3 is 11.1 Å². The smallest absolute Gasteiger partial charge is 0.143 e. The van der Waals surface area contributed by atoms with E-state index in [4.69, 9.17) is 17.3 Å². The molecule has 4 heteroatoms. The molecule has 3 N–H and O–H groups in total. The standard InChI is InChI=1S/C14H14ClFN2/c1-9-4-2-3-5-10(9)8-18-14-7-12(16)11(15)6-13(14)17/h2-7,18H,8,17H2,1H3. The molecule has 0 spiro atoms. The van der Waals surface area contributed by atoms with Gasteiger partial charge in [0.2, 0.25) is 0 Å². The highest BCUT2D eigenvalue weighted by atomic mass is 35.5. The fourth-order valence-electron chi connectivity index (χ4n) is 1.71. The van der Waals surface area contributed by atoms with Crippen LogP contribution in [-0.2, 0) is 6.54 Å². The number of rotatable bonds is 3. The fraction of sp³-hybridized carbons (Fsp3) is 0.143. The van der Waals surface area contributed by atoms with E-state index in [1.807, 2.05) is 31.2 Å². The van der Waals surface area contributed by atoms with Crippen molar-refractivity contribution in [1.29, 1.82) is 0 Å². The molecule has 0 amide bonds. The summed E-state index contributed by atoms with van der Waals surface area (Å²) >= 11 is 5.65. The first-order chi connectivity index (χ1) is 8.58. The van der Waals surface area contributed by atoms with Crippen LogP contribution in [0, 0.1) is 12.7 Å². The van der Waals surface area contributed by atoms with Gasteiger partial charge in [-0.25, -0.2) is 4.39 Å². The zero-order chi connectivity index (χ0) is 13.1. The van der Waals surface area contributed by atoms with Crippen LogP contribution >= 0.6 is 11.6 Å². The second kappa shape index (κ2) is 5.27. The van der Waals surface area contributed by atoms with Crippen LogP contribution in [0.3, 0.4) is 0 Å². The lowest BCUT2D eigenvalue weighted by molar-refractivity contribution is 0.629. The molecular formula is C14H14ClFN2. The number of hydrogen-bond acceptors (Lipinski definition) is 2. The summed E-state index contributed by atoms with van der Waals surface area (Å²) in [6.45, 7) is 2.63. The Morgan fingerprint density at radius 2 is 2.00 bits per heavy atom. The van der Waals surface area contributed by atoms with Crippen molar-refractivity contribution in [3.63, 3.8) is 0 Å². The highest BCUT2D eigenvalue weighted by Gasteiger charge is 2.06. The average Bonchev–Trinajstić information content (AvgIpc) is 2.34. The molecule has 0 aliphatic heterocycles. The minimum Gasteiger partial charge on any atom is -0.397 e. The summed E-state index contributed by atoms with van der Waals surface area (Å²) in [5, 5.41) is 3.15. The van der Waals surface area contributed by atoms with Crippen molar-refractivity contribution in [2.45, 2.75) is 13.5 Å². The first-order valence-corrected chi connectivity index (χ1v) is 5.98. The van der Waals surface area contributed by atoms with Crippen LogP contribution in [0.4, 0.5) is 15.8 Å². The van der Waals surface area contributed by atoms with Crippen molar-refractivity contribution in [3.05, 3.63) is 58.4 Å². The summed E-state index contributed by atoms with van der Waals surface area (Å²) in [5.74, 6) is -0.474. The summed E-state index contributed by atoms with van der Waals surface area (Å²) in [4.78, 5) is 0. The van der Waals surface area contributed by atoms with E-state index in [-0.39, 0.29) is 5.02 Å². The van der Waals surface area contributed by atoms with Crippen molar-refractivity contribution in [2.24, 2.45) is 0 Å². The summed E-state index contributed by atoms with van der Waals surface area (Å²) in [5.41, 5.74) is 9.10. The van der Waals surface area contributed by atoms with E-state index in [9.17, 15) is 4.39 Å². The lowest BCUT2D eigenvalue weighted by Crippen LogP contribution is -2.04. The van der Waals surface area contributed by atoms with Crippen LogP contribution < -0.4 is 11.1 Å².